The van der Waals surface area contributed by atoms with Crippen molar-refractivity contribution >= 4 is 5.82 Å². The van der Waals surface area contributed by atoms with Crippen molar-refractivity contribution < 1.29 is 4.74 Å². The standard InChI is InChI=1S/C17H22N4O2/c1-13-11-18-6-3-15(13)23-12-14-4-8-21(9-5-14)16-17(22)20(2)10-7-19-16/h3,6-7,10-11,14H,4-5,8-9,12H2,1-2H3. The van der Waals surface area contributed by atoms with Crippen LogP contribution in [0, 0.1) is 12.8 Å². The maximum Gasteiger partial charge on any atom is 0.293 e. The average Bonchev–Trinajstić information content (AvgIpc) is 2.57. The Morgan fingerprint density at radius 1 is 1.30 bits per heavy atom. The van der Waals surface area contributed by atoms with Crippen LogP contribution in [0.25, 0.3) is 0 Å². The summed E-state index contributed by atoms with van der Waals surface area (Å²) in [6.45, 7) is 4.39. The predicted molar refractivity (Wildman–Crippen MR) is 88.9 cm³/mol. The Labute approximate surface area is 135 Å². The van der Waals surface area contributed by atoms with Crippen LogP contribution >= 0.6 is 0 Å². The third-order valence-corrected chi connectivity index (χ3v) is 4.36. The number of hydrogen-bond donors (Lipinski definition) is 0. The summed E-state index contributed by atoms with van der Waals surface area (Å²) < 4.78 is 7.49. The van der Waals surface area contributed by atoms with E-state index in [1.54, 1.807) is 30.2 Å². The molecule has 1 aliphatic rings. The van der Waals surface area contributed by atoms with Gasteiger partial charge in [-0.1, -0.05) is 0 Å². The third-order valence-electron chi connectivity index (χ3n) is 4.36. The lowest BCUT2D eigenvalue weighted by Gasteiger charge is -2.32. The average molecular weight is 314 g/mol. The van der Waals surface area contributed by atoms with Crippen molar-refractivity contribution in [1.82, 2.24) is 14.5 Å². The van der Waals surface area contributed by atoms with E-state index in [1.165, 1.54) is 0 Å². The van der Waals surface area contributed by atoms with Gasteiger partial charge in [0.2, 0.25) is 0 Å². The summed E-state index contributed by atoms with van der Waals surface area (Å²) in [7, 11) is 1.76. The van der Waals surface area contributed by atoms with Crippen LogP contribution in [0.1, 0.15) is 18.4 Å². The molecule has 1 aliphatic heterocycles. The molecule has 122 valence electrons. The van der Waals surface area contributed by atoms with Crippen LogP contribution in [0.4, 0.5) is 5.82 Å². The van der Waals surface area contributed by atoms with Gasteiger partial charge in [-0.15, -0.1) is 0 Å². The summed E-state index contributed by atoms with van der Waals surface area (Å²) in [6, 6.07) is 1.90. The van der Waals surface area contributed by atoms with Gasteiger partial charge in [-0.3, -0.25) is 9.78 Å². The quantitative estimate of drug-likeness (QED) is 0.861. The molecular formula is C17H22N4O2. The molecule has 0 N–H and O–H groups in total. The zero-order chi connectivity index (χ0) is 16.2. The van der Waals surface area contributed by atoms with Crippen molar-refractivity contribution in [3.05, 3.63) is 46.8 Å². The number of nitrogens with zero attached hydrogens (tertiary/aromatic N) is 4. The summed E-state index contributed by atoms with van der Waals surface area (Å²) in [5, 5.41) is 0. The number of hydrogen-bond acceptors (Lipinski definition) is 5. The highest BCUT2D eigenvalue weighted by molar-refractivity contribution is 5.36. The van der Waals surface area contributed by atoms with Crippen LogP contribution in [0.15, 0.2) is 35.6 Å². The summed E-state index contributed by atoms with van der Waals surface area (Å²) in [5.74, 6) is 1.96. The van der Waals surface area contributed by atoms with E-state index in [4.69, 9.17) is 4.74 Å². The second-order valence-corrected chi connectivity index (χ2v) is 6.05. The van der Waals surface area contributed by atoms with Gasteiger partial charge in [0, 0.05) is 50.5 Å². The minimum atomic E-state index is -0.0328. The highest BCUT2D eigenvalue weighted by atomic mass is 16.5. The van der Waals surface area contributed by atoms with E-state index in [9.17, 15) is 4.79 Å². The number of aromatic nitrogens is 3. The monoisotopic (exact) mass is 314 g/mol. The molecule has 0 saturated carbocycles. The van der Waals surface area contributed by atoms with E-state index in [1.807, 2.05) is 19.2 Å². The van der Waals surface area contributed by atoms with E-state index in [-0.39, 0.29) is 5.56 Å². The van der Waals surface area contributed by atoms with Gasteiger partial charge in [-0.2, -0.15) is 0 Å². The van der Waals surface area contributed by atoms with E-state index < -0.39 is 0 Å². The molecule has 1 saturated heterocycles. The lowest BCUT2D eigenvalue weighted by molar-refractivity contribution is 0.221. The zero-order valence-electron chi connectivity index (χ0n) is 13.6. The first kappa shape index (κ1) is 15.5. The number of rotatable bonds is 4. The molecule has 0 radical (unpaired) electrons. The van der Waals surface area contributed by atoms with Crippen LogP contribution in [0.2, 0.25) is 0 Å². The highest BCUT2D eigenvalue weighted by Gasteiger charge is 2.22. The van der Waals surface area contributed by atoms with Gasteiger partial charge in [-0.05, 0) is 31.7 Å². The first-order valence-electron chi connectivity index (χ1n) is 7.95. The Morgan fingerprint density at radius 2 is 2.09 bits per heavy atom. The topological polar surface area (TPSA) is 60.2 Å². The summed E-state index contributed by atoms with van der Waals surface area (Å²) in [4.78, 5) is 22.5. The van der Waals surface area contributed by atoms with E-state index in [0.717, 1.165) is 37.2 Å². The van der Waals surface area contributed by atoms with E-state index >= 15 is 0 Å². The molecule has 1 fully saturated rings. The minimum Gasteiger partial charge on any atom is -0.493 e. The van der Waals surface area contributed by atoms with Crippen LogP contribution in [-0.4, -0.2) is 34.2 Å². The molecule has 3 heterocycles. The maximum atomic E-state index is 12.1. The largest absolute Gasteiger partial charge is 0.493 e. The second-order valence-electron chi connectivity index (χ2n) is 6.05. The smallest absolute Gasteiger partial charge is 0.293 e. The number of aryl methyl sites for hydroxylation is 2. The van der Waals surface area contributed by atoms with Gasteiger partial charge in [0.05, 0.1) is 6.61 Å². The molecule has 2 aromatic rings. The predicted octanol–water partition coefficient (Wildman–Crippen LogP) is 1.78. The number of pyridine rings is 1. The Bertz CT molecular complexity index is 721. The van der Waals surface area contributed by atoms with Crippen LogP contribution in [-0.2, 0) is 7.05 Å². The van der Waals surface area contributed by atoms with Crippen LogP contribution < -0.4 is 15.2 Å². The van der Waals surface area contributed by atoms with Crippen molar-refractivity contribution in [2.75, 3.05) is 24.6 Å². The Hall–Kier alpha value is -2.37. The molecule has 0 amide bonds. The fourth-order valence-electron chi connectivity index (χ4n) is 2.84. The first-order valence-corrected chi connectivity index (χ1v) is 7.95. The molecule has 0 aromatic carbocycles. The second kappa shape index (κ2) is 6.81. The molecule has 0 aliphatic carbocycles. The third kappa shape index (κ3) is 3.52. The normalized spacial score (nSPS) is 15.7. The highest BCUT2D eigenvalue weighted by Crippen LogP contribution is 2.22. The molecule has 0 atom stereocenters. The molecule has 23 heavy (non-hydrogen) atoms. The van der Waals surface area contributed by atoms with Crippen molar-refractivity contribution in [3.63, 3.8) is 0 Å². The summed E-state index contributed by atoms with van der Waals surface area (Å²) in [5.41, 5.74) is 1.02. The van der Waals surface area contributed by atoms with Gasteiger partial charge < -0.3 is 14.2 Å². The van der Waals surface area contributed by atoms with Crippen molar-refractivity contribution in [2.45, 2.75) is 19.8 Å². The Balaban J connectivity index is 1.55. The molecule has 0 unspecified atom stereocenters. The molecule has 0 bridgehead atoms. The molecule has 6 heteroatoms. The van der Waals surface area contributed by atoms with Gasteiger partial charge in [0.15, 0.2) is 5.82 Å². The number of anilines is 1. The van der Waals surface area contributed by atoms with Crippen molar-refractivity contribution in [1.29, 1.82) is 0 Å². The summed E-state index contributed by atoms with van der Waals surface area (Å²) in [6.07, 6.45) is 8.94. The molecule has 6 nitrogen and oxygen atoms in total. The van der Waals surface area contributed by atoms with E-state index in [2.05, 4.69) is 14.9 Å². The van der Waals surface area contributed by atoms with Crippen LogP contribution in [0.3, 0.4) is 0 Å². The van der Waals surface area contributed by atoms with Crippen molar-refractivity contribution in [3.8, 4) is 5.75 Å². The Kier molecular flexibility index (Phi) is 4.60. The molecule has 2 aromatic heterocycles. The minimum absolute atomic E-state index is 0.0328. The lowest BCUT2D eigenvalue weighted by Crippen LogP contribution is -2.39. The SMILES string of the molecule is Cc1cnccc1OCC1CCN(c2nccn(C)c2=O)CC1. The maximum absolute atomic E-state index is 12.1. The fourth-order valence-corrected chi connectivity index (χ4v) is 2.84. The lowest BCUT2D eigenvalue weighted by atomic mass is 9.98. The molecule has 0 spiro atoms. The van der Waals surface area contributed by atoms with Gasteiger partial charge in [-0.25, -0.2) is 4.98 Å². The van der Waals surface area contributed by atoms with Crippen LogP contribution in [0.5, 0.6) is 5.75 Å². The van der Waals surface area contributed by atoms with Gasteiger partial charge in [0.25, 0.3) is 5.56 Å². The van der Waals surface area contributed by atoms with Gasteiger partial charge >= 0.3 is 0 Å². The Morgan fingerprint density at radius 3 is 2.83 bits per heavy atom. The van der Waals surface area contributed by atoms with Crippen molar-refractivity contribution in [2.24, 2.45) is 13.0 Å². The number of piperidine rings is 1. The fraction of sp³-hybridized carbons (Fsp3) is 0.471. The first-order chi connectivity index (χ1) is 11.1. The van der Waals surface area contributed by atoms with E-state index in [0.29, 0.717) is 18.3 Å². The summed E-state index contributed by atoms with van der Waals surface area (Å²) >= 11 is 0. The molecule has 3 rings (SSSR count). The molecular weight excluding hydrogens is 292 g/mol. The number of ether oxygens (including phenoxy) is 1. The zero-order valence-corrected chi connectivity index (χ0v) is 13.6. The van der Waals surface area contributed by atoms with Gasteiger partial charge in [0.1, 0.15) is 5.75 Å².